The van der Waals surface area contributed by atoms with Gasteiger partial charge in [0.2, 0.25) is 0 Å². The standard InChI is InChI=1S/C12H8BrCl2FN2O2S/c13-7-5-6(16)1-3-9(7)18-21(19,20)10-4-2-8(14)12(17)11(10)15/h1-5,18H,17H2. The number of anilines is 2. The smallest absolute Gasteiger partial charge is 0.263 e. The van der Waals surface area contributed by atoms with Crippen molar-refractivity contribution in [3.8, 4) is 0 Å². The molecule has 0 aliphatic rings. The molecule has 2 aromatic carbocycles. The summed E-state index contributed by atoms with van der Waals surface area (Å²) in [6.45, 7) is 0. The fraction of sp³-hybridized carbons (Fsp3) is 0. The fourth-order valence-corrected chi connectivity index (χ4v) is 3.96. The minimum absolute atomic E-state index is 0.0284. The van der Waals surface area contributed by atoms with Crippen molar-refractivity contribution in [2.45, 2.75) is 4.90 Å². The SMILES string of the molecule is Nc1c(Cl)ccc(S(=O)(=O)Nc2ccc(F)cc2Br)c1Cl. The lowest BCUT2D eigenvalue weighted by molar-refractivity contribution is 0.601. The molecule has 0 unspecified atom stereocenters. The van der Waals surface area contributed by atoms with Crippen molar-refractivity contribution < 1.29 is 12.8 Å². The van der Waals surface area contributed by atoms with Crippen LogP contribution in [0.5, 0.6) is 0 Å². The molecule has 0 bridgehead atoms. The molecule has 0 fully saturated rings. The van der Waals surface area contributed by atoms with E-state index in [1.54, 1.807) is 0 Å². The summed E-state index contributed by atoms with van der Waals surface area (Å²) in [5.41, 5.74) is 5.75. The van der Waals surface area contributed by atoms with Gasteiger partial charge in [-0.25, -0.2) is 12.8 Å². The molecule has 0 heterocycles. The predicted octanol–water partition coefficient (Wildman–Crippen LogP) is 4.28. The van der Waals surface area contributed by atoms with E-state index in [1.165, 1.54) is 18.2 Å². The second-order valence-electron chi connectivity index (χ2n) is 4.00. The molecule has 3 N–H and O–H groups in total. The molecule has 0 aliphatic heterocycles. The van der Waals surface area contributed by atoms with E-state index in [2.05, 4.69) is 20.7 Å². The van der Waals surface area contributed by atoms with Gasteiger partial charge in [-0.1, -0.05) is 23.2 Å². The molecule has 112 valence electrons. The van der Waals surface area contributed by atoms with Gasteiger partial charge >= 0.3 is 0 Å². The average Bonchev–Trinajstić information content (AvgIpc) is 2.39. The third-order valence-corrected chi connectivity index (χ3v) is 5.47. The number of sulfonamides is 1. The van der Waals surface area contributed by atoms with Crippen molar-refractivity contribution >= 4 is 60.5 Å². The molecule has 21 heavy (non-hydrogen) atoms. The first-order chi connectivity index (χ1) is 9.72. The van der Waals surface area contributed by atoms with Crippen LogP contribution >= 0.6 is 39.1 Å². The Morgan fingerprint density at radius 1 is 1.19 bits per heavy atom. The van der Waals surface area contributed by atoms with Crippen LogP contribution in [-0.4, -0.2) is 8.42 Å². The van der Waals surface area contributed by atoms with Gasteiger partial charge in [0.05, 0.1) is 21.4 Å². The third-order valence-electron chi connectivity index (χ3n) is 2.56. The van der Waals surface area contributed by atoms with Crippen molar-refractivity contribution in [3.05, 3.63) is 50.7 Å². The predicted molar refractivity (Wildman–Crippen MR) is 85.8 cm³/mol. The van der Waals surface area contributed by atoms with Crippen molar-refractivity contribution in [3.63, 3.8) is 0 Å². The number of nitrogens with one attached hydrogen (secondary N) is 1. The van der Waals surface area contributed by atoms with Gasteiger partial charge in [-0.3, -0.25) is 4.72 Å². The lowest BCUT2D eigenvalue weighted by Crippen LogP contribution is -2.14. The van der Waals surface area contributed by atoms with Crippen LogP contribution in [0.15, 0.2) is 39.7 Å². The lowest BCUT2D eigenvalue weighted by Gasteiger charge is -2.12. The van der Waals surface area contributed by atoms with Crippen molar-refractivity contribution in [1.29, 1.82) is 0 Å². The summed E-state index contributed by atoms with van der Waals surface area (Å²) in [5.74, 6) is -0.501. The zero-order valence-electron chi connectivity index (χ0n) is 10.2. The van der Waals surface area contributed by atoms with Gasteiger partial charge in [-0.2, -0.15) is 0 Å². The molecule has 2 rings (SSSR count). The molecular weight excluding hydrogens is 406 g/mol. The van der Waals surface area contributed by atoms with Gasteiger partial charge in [-0.05, 0) is 46.3 Å². The van der Waals surface area contributed by atoms with Gasteiger partial charge in [0.1, 0.15) is 10.7 Å². The maximum Gasteiger partial charge on any atom is 0.263 e. The van der Waals surface area contributed by atoms with E-state index in [4.69, 9.17) is 28.9 Å². The molecule has 2 aromatic rings. The van der Waals surface area contributed by atoms with Gasteiger partial charge < -0.3 is 5.73 Å². The number of nitrogen functional groups attached to an aromatic ring is 1. The molecular formula is C12H8BrCl2FN2O2S. The Bertz CT molecular complexity index is 815. The van der Waals surface area contributed by atoms with E-state index in [-0.39, 0.29) is 30.8 Å². The van der Waals surface area contributed by atoms with E-state index in [0.29, 0.717) is 0 Å². The minimum Gasteiger partial charge on any atom is -0.396 e. The van der Waals surface area contributed by atoms with Crippen LogP contribution < -0.4 is 10.5 Å². The number of nitrogens with two attached hydrogens (primary N) is 1. The zero-order valence-corrected chi connectivity index (χ0v) is 14.1. The molecule has 0 spiro atoms. The molecule has 0 aromatic heterocycles. The summed E-state index contributed by atoms with van der Waals surface area (Å²) in [4.78, 5) is -0.220. The molecule has 0 amide bonds. The monoisotopic (exact) mass is 412 g/mol. The molecule has 0 aliphatic carbocycles. The number of halogens is 4. The summed E-state index contributed by atoms with van der Waals surface area (Å²) in [6, 6.07) is 6.11. The second kappa shape index (κ2) is 6.00. The van der Waals surface area contributed by atoms with Gasteiger partial charge in [0, 0.05) is 4.47 Å². The minimum atomic E-state index is -3.99. The fourth-order valence-electron chi connectivity index (χ4n) is 1.53. The first kappa shape index (κ1) is 16.4. The highest BCUT2D eigenvalue weighted by Gasteiger charge is 2.21. The van der Waals surface area contributed by atoms with Crippen molar-refractivity contribution in [2.24, 2.45) is 0 Å². The van der Waals surface area contributed by atoms with Gasteiger partial charge in [-0.15, -0.1) is 0 Å². The summed E-state index contributed by atoms with van der Waals surface area (Å²) in [7, 11) is -3.99. The Labute approximate surface area is 139 Å². The largest absolute Gasteiger partial charge is 0.396 e. The summed E-state index contributed by atoms with van der Waals surface area (Å²) in [5, 5.41) is -0.0184. The zero-order chi connectivity index (χ0) is 15.8. The Kier molecular flexibility index (Phi) is 4.67. The summed E-state index contributed by atoms with van der Waals surface area (Å²) >= 11 is 14.8. The highest BCUT2D eigenvalue weighted by Crippen LogP contribution is 2.34. The van der Waals surface area contributed by atoms with Crippen LogP contribution in [0.25, 0.3) is 0 Å². The quantitative estimate of drug-likeness (QED) is 0.737. The molecule has 0 atom stereocenters. The molecule has 0 radical (unpaired) electrons. The van der Waals surface area contributed by atoms with Crippen LogP contribution in [0.3, 0.4) is 0 Å². The molecule has 4 nitrogen and oxygen atoms in total. The Hall–Kier alpha value is -1.02. The van der Waals surface area contributed by atoms with Crippen LogP contribution in [0, 0.1) is 5.82 Å². The Balaban J connectivity index is 2.46. The van der Waals surface area contributed by atoms with E-state index < -0.39 is 15.8 Å². The topological polar surface area (TPSA) is 72.2 Å². The average molecular weight is 414 g/mol. The summed E-state index contributed by atoms with van der Waals surface area (Å²) < 4.78 is 40.2. The number of benzene rings is 2. The van der Waals surface area contributed by atoms with E-state index in [9.17, 15) is 12.8 Å². The summed E-state index contributed by atoms with van der Waals surface area (Å²) in [6.07, 6.45) is 0. The van der Waals surface area contributed by atoms with E-state index in [1.807, 2.05) is 0 Å². The number of hydrogen-bond donors (Lipinski definition) is 2. The van der Waals surface area contributed by atoms with Crippen LogP contribution in [0.4, 0.5) is 15.8 Å². The van der Waals surface area contributed by atoms with Crippen LogP contribution in [0.1, 0.15) is 0 Å². The highest BCUT2D eigenvalue weighted by molar-refractivity contribution is 9.10. The number of rotatable bonds is 3. The van der Waals surface area contributed by atoms with Gasteiger partial charge in [0.25, 0.3) is 10.0 Å². The highest BCUT2D eigenvalue weighted by atomic mass is 79.9. The van der Waals surface area contributed by atoms with Crippen molar-refractivity contribution in [2.75, 3.05) is 10.5 Å². The lowest BCUT2D eigenvalue weighted by atomic mass is 10.3. The van der Waals surface area contributed by atoms with Crippen LogP contribution in [0.2, 0.25) is 10.0 Å². The molecule has 0 saturated carbocycles. The second-order valence-corrected chi connectivity index (χ2v) is 7.29. The molecule has 9 heteroatoms. The Morgan fingerprint density at radius 2 is 1.86 bits per heavy atom. The van der Waals surface area contributed by atoms with E-state index in [0.717, 1.165) is 12.1 Å². The van der Waals surface area contributed by atoms with Crippen molar-refractivity contribution in [1.82, 2.24) is 0 Å². The maximum atomic E-state index is 13.0. The first-order valence-corrected chi connectivity index (χ1v) is 8.47. The third kappa shape index (κ3) is 3.42. The Morgan fingerprint density at radius 3 is 2.48 bits per heavy atom. The first-order valence-electron chi connectivity index (χ1n) is 5.43. The van der Waals surface area contributed by atoms with Crippen LogP contribution in [-0.2, 0) is 10.0 Å². The molecule has 0 saturated heterocycles. The van der Waals surface area contributed by atoms with Gasteiger partial charge in [0.15, 0.2) is 0 Å². The maximum absolute atomic E-state index is 13.0. The normalized spacial score (nSPS) is 11.4. The number of hydrogen-bond acceptors (Lipinski definition) is 3. The van der Waals surface area contributed by atoms with E-state index >= 15 is 0 Å².